The number of fused-ring (bicyclic) bond motifs is 3. The Labute approximate surface area is 160 Å². The zero-order chi connectivity index (χ0) is 19.9. The Hall–Kier alpha value is -3.77. The molecule has 1 atom stereocenters. The van der Waals surface area contributed by atoms with E-state index in [0.717, 1.165) is 27.5 Å². The molecular formula is C19H18N6O3. The number of carbonyl (C=O) groups excluding carboxylic acids is 1. The van der Waals surface area contributed by atoms with Crippen LogP contribution >= 0.6 is 0 Å². The van der Waals surface area contributed by atoms with Gasteiger partial charge in [0, 0.05) is 23.7 Å². The van der Waals surface area contributed by atoms with Crippen LogP contribution < -0.4 is 10.8 Å². The van der Waals surface area contributed by atoms with E-state index in [0.29, 0.717) is 25.2 Å². The first-order valence-corrected chi connectivity index (χ1v) is 8.59. The molecule has 0 bridgehead atoms. The van der Waals surface area contributed by atoms with Crippen molar-refractivity contribution in [3.8, 4) is 6.07 Å². The van der Waals surface area contributed by atoms with E-state index in [2.05, 4.69) is 51.6 Å². The highest BCUT2D eigenvalue weighted by atomic mass is 16.3. The van der Waals surface area contributed by atoms with E-state index >= 15 is 0 Å². The summed E-state index contributed by atoms with van der Waals surface area (Å²) in [6.07, 6.45) is 1.07. The van der Waals surface area contributed by atoms with Crippen LogP contribution in [0.5, 0.6) is 0 Å². The number of tetrazole rings is 1. The molecule has 2 aromatic heterocycles. The number of aryl methyl sites for hydroxylation is 1. The summed E-state index contributed by atoms with van der Waals surface area (Å²) < 4.78 is 7.59. The maximum Gasteiger partial charge on any atom is 0.209 e. The van der Waals surface area contributed by atoms with Crippen molar-refractivity contribution in [2.45, 2.75) is 25.4 Å². The highest BCUT2D eigenvalue weighted by molar-refractivity contribution is 6.04. The van der Waals surface area contributed by atoms with Crippen LogP contribution in [0.3, 0.4) is 0 Å². The lowest BCUT2D eigenvalue weighted by Gasteiger charge is -2.08. The van der Waals surface area contributed by atoms with E-state index in [-0.39, 0.29) is 6.04 Å². The zero-order valence-electron chi connectivity index (χ0n) is 15.0. The Morgan fingerprint density at radius 3 is 2.79 bits per heavy atom. The first-order valence-electron chi connectivity index (χ1n) is 8.59. The molecule has 0 saturated heterocycles. The molecule has 0 fully saturated rings. The van der Waals surface area contributed by atoms with Crippen LogP contribution in [0, 0.1) is 11.3 Å². The average Bonchev–Trinajstić information content (AvgIpc) is 3.31. The molecule has 9 heteroatoms. The van der Waals surface area contributed by atoms with Crippen molar-refractivity contribution in [1.82, 2.24) is 20.2 Å². The fourth-order valence-electron chi connectivity index (χ4n) is 3.09. The molecule has 0 aliphatic rings. The van der Waals surface area contributed by atoms with E-state index in [1.807, 2.05) is 18.2 Å². The number of benzene rings is 2. The smallest absolute Gasteiger partial charge is 0.209 e. The number of aromatic nitrogens is 4. The number of furan rings is 1. The van der Waals surface area contributed by atoms with Crippen molar-refractivity contribution in [3.63, 3.8) is 0 Å². The molecule has 28 heavy (non-hydrogen) atoms. The Morgan fingerprint density at radius 2 is 2.00 bits per heavy atom. The first-order chi connectivity index (χ1) is 13.7. The van der Waals surface area contributed by atoms with Crippen LogP contribution in [0.25, 0.3) is 21.9 Å². The standard InChI is InChI=1S/C18H16N6O.CH2O2/c19-8-3-9-24-18(21-22-23-24)15(20)10-12-6-7-14-13-4-1-2-5-16(13)25-17(14)11-12;2-1-3/h1-2,4-7,11,15H,3,9-10,20H2;1H,(H,2,3)/t15-;/m0./s1. The summed E-state index contributed by atoms with van der Waals surface area (Å²) in [6, 6.07) is 16.3. The van der Waals surface area contributed by atoms with Crippen molar-refractivity contribution < 1.29 is 20.1 Å². The number of nitrogens with zero attached hydrogens (tertiary/aromatic N) is 5. The van der Waals surface area contributed by atoms with Crippen molar-refractivity contribution in [1.29, 1.82) is 5.26 Å². The molecule has 142 valence electrons. The third kappa shape index (κ3) is 3.97. The molecule has 9 nitrogen and oxygen atoms in total. The predicted molar refractivity (Wildman–Crippen MR) is 97.2 cm³/mol. The van der Waals surface area contributed by atoms with E-state index in [9.17, 15) is 0 Å². The van der Waals surface area contributed by atoms with Crippen LogP contribution in [-0.4, -0.2) is 26.7 Å². The number of rotatable bonds is 5. The maximum atomic E-state index is 8.73. The van der Waals surface area contributed by atoms with Gasteiger partial charge in [0.1, 0.15) is 11.2 Å². The SMILES string of the molecule is N#CCCn1nnnc1[C@@H]([NH3+])Cc1ccc2c(c1)oc1ccccc12.O=C[O-]. The van der Waals surface area contributed by atoms with Gasteiger partial charge in [0.25, 0.3) is 0 Å². The molecule has 0 amide bonds. The molecule has 0 spiro atoms. The van der Waals surface area contributed by atoms with Crippen LogP contribution in [0.1, 0.15) is 23.9 Å². The molecule has 2 heterocycles. The van der Waals surface area contributed by atoms with E-state index in [1.165, 1.54) is 0 Å². The van der Waals surface area contributed by atoms with Gasteiger partial charge in [-0.05, 0) is 28.1 Å². The number of hydrogen-bond acceptors (Lipinski definition) is 7. The van der Waals surface area contributed by atoms with Crippen LogP contribution in [0.15, 0.2) is 46.9 Å². The molecule has 2 aromatic carbocycles. The molecule has 0 unspecified atom stereocenters. The highest BCUT2D eigenvalue weighted by Gasteiger charge is 2.19. The molecular weight excluding hydrogens is 360 g/mol. The van der Waals surface area contributed by atoms with Gasteiger partial charge in [0.15, 0.2) is 6.04 Å². The Morgan fingerprint density at radius 1 is 1.25 bits per heavy atom. The quantitative estimate of drug-likeness (QED) is 0.493. The molecule has 0 radical (unpaired) electrons. The van der Waals surface area contributed by atoms with E-state index < -0.39 is 6.47 Å². The average molecular weight is 378 g/mol. The Bertz CT molecular complexity index is 1130. The zero-order valence-corrected chi connectivity index (χ0v) is 15.0. The Kier molecular flexibility index (Phi) is 5.94. The van der Waals surface area contributed by atoms with Crippen molar-refractivity contribution in [3.05, 3.63) is 53.9 Å². The summed E-state index contributed by atoms with van der Waals surface area (Å²) in [6.45, 7) is -0.0204. The number of para-hydroxylation sites is 1. The predicted octanol–water partition coefficient (Wildman–Crippen LogP) is 0.378. The second kappa shape index (κ2) is 8.75. The largest absolute Gasteiger partial charge is 0.554 e. The third-order valence-electron chi connectivity index (χ3n) is 4.29. The van der Waals surface area contributed by atoms with E-state index in [1.54, 1.807) is 4.68 Å². The Balaban J connectivity index is 0.000000706. The lowest BCUT2D eigenvalue weighted by molar-refractivity contribution is -0.428. The van der Waals surface area contributed by atoms with Gasteiger partial charge in [-0.1, -0.05) is 30.3 Å². The van der Waals surface area contributed by atoms with Gasteiger partial charge in [0.2, 0.25) is 5.82 Å². The maximum absolute atomic E-state index is 8.73. The second-order valence-electron chi connectivity index (χ2n) is 6.09. The minimum Gasteiger partial charge on any atom is -0.554 e. The van der Waals surface area contributed by atoms with Gasteiger partial charge in [-0.25, -0.2) is 4.68 Å². The van der Waals surface area contributed by atoms with Gasteiger partial charge < -0.3 is 20.1 Å². The summed E-state index contributed by atoms with van der Waals surface area (Å²) in [4.78, 5) is 8.25. The summed E-state index contributed by atoms with van der Waals surface area (Å²) in [5.74, 6) is 0.694. The van der Waals surface area contributed by atoms with Crippen molar-refractivity contribution >= 4 is 28.4 Å². The number of nitriles is 1. The van der Waals surface area contributed by atoms with E-state index in [4.69, 9.17) is 19.6 Å². The number of quaternary nitrogens is 1. The first kappa shape index (κ1) is 19.0. The fourth-order valence-corrected chi connectivity index (χ4v) is 3.09. The normalized spacial score (nSPS) is 11.6. The van der Waals surface area contributed by atoms with Gasteiger partial charge in [-0.2, -0.15) is 5.26 Å². The summed E-state index contributed by atoms with van der Waals surface area (Å²) in [5, 5.41) is 30.9. The summed E-state index contributed by atoms with van der Waals surface area (Å²) in [5.41, 5.74) is 7.06. The molecule has 3 N–H and O–H groups in total. The monoisotopic (exact) mass is 378 g/mol. The summed E-state index contributed by atoms with van der Waals surface area (Å²) in [7, 11) is 0. The molecule has 0 aliphatic heterocycles. The fraction of sp³-hybridized carbons (Fsp3) is 0.211. The van der Waals surface area contributed by atoms with Crippen molar-refractivity contribution in [2.75, 3.05) is 0 Å². The minimum atomic E-state index is -0.500. The number of hydrogen-bond donors (Lipinski definition) is 1. The van der Waals surface area contributed by atoms with Crippen LogP contribution in [0.4, 0.5) is 0 Å². The third-order valence-corrected chi connectivity index (χ3v) is 4.29. The lowest BCUT2D eigenvalue weighted by atomic mass is 10.0. The summed E-state index contributed by atoms with van der Waals surface area (Å²) >= 11 is 0. The second-order valence-corrected chi connectivity index (χ2v) is 6.09. The van der Waals surface area contributed by atoms with Crippen LogP contribution in [0.2, 0.25) is 0 Å². The van der Waals surface area contributed by atoms with Crippen LogP contribution in [-0.2, 0) is 17.8 Å². The van der Waals surface area contributed by atoms with Gasteiger partial charge in [-0.3, -0.25) is 0 Å². The molecule has 0 aliphatic carbocycles. The highest BCUT2D eigenvalue weighted by Crippen LogP contribution is 2.29. The van der Waals surface area contributed by atoms with Gasteiger partial charge in [0.05, 0.1) is 19.0 Å². The number of carbonyl (C=O) groups is 1. The molecule has 4 rings (SSSR count). The lowest BCUT2D eigenvalue weighted by Crippen LogP contribution is -2.55. The molecule has 4 aromatic rings. The van der Waals surface area contributed by atoms with Gasteiger partial charge in [-0.15, -0.1) is 5.10 Å². The van der Waals surface area contributed by atoms with Crippen molar-refractivity contribution in [2.24, 2.45) is 0 Å². The molecule has 0 saturated carbocycles. The minimum absolute atomic E-state index is 0.101. The topological polar surface area (TPSA) is 148 Å². The number of carboxylic acid groups (broad SMARTS) is 1. The van der Waals surface area contributed by atoms with Gasteiger partial charge >= 0.3 is 0 Å².